The maximum absolute atomic E-state index is 5.93. The quantitative estimate of drug-likeness (QED) is 0.897. The lowest BCUT2D eigenvalue weighted by Gasteiger charge is -2.37. The summed E-state index contributed by atoms with van der Waals surface area (Å²) in [5.74, 6) is 0.716. The first-order valence-corrected chi connectivity index (χ1v) is 8.21. The first-order valence-electron chi connectivity index (χ1n) is 7.39. The van der Waals surface area contributed by atoms with Crippen molar-refractivity contribution in [2.45, 2.75) is 64.5 Å². The van der Waals surface area contributed by atoms with Crippen LogP contribution in [0.15, 0.2) is 0 Å². The zero-order chi connectivity index (χ0) is 13.9. The molecule has 2 N–H and O–H groups in total. The van der Waals surface area contributed by atoms with E-state index in [0.717, 1.165) is 30.7 Å². The summed E-state index contributed by atoms with van der Waals surface area (Å²) < 4.78 is 5.93. The van der Waals surface area contributed by atoms with Gasteiger partial charge in [0.05, 0.1) is 5.69 Å². The van der Waals surface area contributed by atoms with Crippen molar-refractivity contribution in [2.24, 2.45) is 11.7 Å². The number of methoxy groups -OCH3 is 1. The molecule has 1 aliphatic rings. The molecule has 0 aromatic carbocycles. The number of rotatable bonds is 5. The summed E-state index contributed by atoms with van der Waals surface area (Å²) in [6.07, 6.45) is 6.87. The predicted molar refractivity (Wildman–Crippen MR) is 80.3 cm³/mol. The van der Waals surface area contributed by atoms with Crippen LogP contribution in [0.2, 0.25) is 0 Å². The summed E-state index contributed by atoms with van der Waals surface area (Å²) in [5, 5.41) is 1.16. The van der Waals surface area contributed by atoms with Gasteiger partial charge in [-0.1, -0.05) is 26.7 Å². The normalized spacial score (nSPS) is 27.7. The van der Waals surface area contributed by atoms with Gasteiger partial charge in [-0.05, 0) is 31.6 Å². The van der Waals surface area contributed by atoms with Gasteiger partial charge in [-0.25, -0.2) is 4.98 Å². The van der Waals surface area contributed by atoms with E-state index in [0.29, 0.717) is 12.5 Å². The fourth-order valence-corrected chi connectivity index (χ4v) is 4.33. The smallest absolute Gasteiger partial charge is 0.125 e. The Bertz CT molecular complexity index is 418. The third-order valence-electron chi connectivity index (χ3n) is 4.19. The molecule has 108 valence electrons. The Morgan fingerprint density at radius 3 is 2.89 bits per heavy atom. The van der Waals surface area contributed by atoms with E-state index in [1.165, 1.54) is 23.4 Å². The molecule has 19 heavy (non-hydrogen) atoms. The zero-order valence-corrected chi connectivity index (χ0v) is 13.2. The van der Waals surface area contributed by atoms with Crippen LogP contribution in [0.3, 0.4) is 0 Å². The van der Waals surface area contributed by atoms with Gasteiger partial charge in [0.15, 0.2) is 0 Å². The molecule has 0 saturated heterocycles. The van der Waals surface area contributed by atoms with Crippen LogP contribution in [0.1, 0.15) is 61.5 Å². The van der Waals surface area contributed by atoms with E-state index in [4.69, 9.17) is 15.5 Å². The molecular formula is C15H26N2OS. The molecule has 4 heteroatoms. The highest BCUT2D eigenvalue weighted by molar-refractivity contribution is 7.11. The van der Waals surface area contributed by atoms with Crippen molar-refractivity contribution >= 4 is 11.3 Å². The van der Waals surface area contributed by atoms with Crippen LogP contribution < -0.4 is 5.73 Å². The van der Waals surface area contributed by atoms with E-state index in [-0.39, 0.29) is 5.60 Å². The monoisotopic (exact) mass is 282 g/mol. The SMILES string of the molecule is CCCc1nc(C2(OC)CCCC(C)C2)sc1CN. The molecular weight excluding hydrogens is 256 g/mol. The predicted octanol–water partition coefficient (Wildman–Crippen LogP) is 3.61. The molecule has 1 fully saturated rings. The molecule has 1 aliphatic carbocycles. The average molecular weight is 282 g/mol. The molecule has 1 aromatic rings. The maximum atomic E-state index is 5.93. The Morgan fingerprint density at radius 1 is 1.53 bits per heavy atom. The van der Waals surface area contributed by atoms with E-state index in [1.807, 2.05) is 7.11 Å². The van der Waals surface area contributed by atoms with Gasteiger partial charge >= 0.3 is 0 Å². The Morgan fingerprint density at radius 2 is 2.32 bits per heavy atom. The van der Waals surface area contributed by atoms with Crippen LogP contribution in [-0.4, -0.2) is 12.1 Å². The van der Waals surface area contributed by atoms with Crippen LogP contribution in [0.5, 0.6) is 0 Å². The molecule has 1 aromatic heterocycles. The molecule has 1 heterocycles. The van der Waals surface area contributed by atoms with Gasteiger partial charge in [-0.2, -0.15) is 0 Å². The number of hydrogen-bond donors (Lipinski definition) is 1. The fourth-order valence-electron chi connectivity index (χ4n) is 3.14. The molecule has 3 nitrogen and oxygen atoms in total. The van der Waals surface area contributed by atoms with Gasteiger partial charge in [0.2, 0.25) is 0 Å². The minimum atomic E-state index is -0.155. The number of ether oxygens (including phenoxy) is 1. The van der Waals surface area contributed by atoms with Crippen molar-refractivity contribution in [1.82, 2.24) is 4.98 Å². The lowest BCUT2D eigenvalue weighted by molar-refractivity contribution is -0.0581. The molecule has 0 aliphatic heterocycles. The summed E-state index contributed by atoms with van der Waals surface area (Å²) in [6.45, 7) is 5.10. The summed E-state index contributed by atoms with van der Waals surface area (Å²) in [7, 11) is 1.83. The van der Waals surface area contributed by atoms with Gasteiger partial charge in [0.25, 0.3) is 0 Å². The first kappa shape index (κ1) is 14.9. The standard InChI is InChI=1S/C15H26N2OS/c1-4-6-12-13(10-16)19-14(17-12)15(18-3)8-5-7-11(2)9-15/h11H,4-10,16H2,1-3H3. The molecule has 0 bridgehead atoms. The Hall–Kier alpha value is -0.450. The summed E-state index contributed by atoms with van der Waals surface area (Å²) in [5.41, 5.74) is 6.90. The van der Waals surface area contributed by atoms with Gasteiger partial charge in [-0.3, -0.25) is 0 Å². The van der Waals surface area contributed by atoms with Crippen molar-refractivity contribution in [3.05, 3.63) is 15.6 Å². The van der Waals surface area contributed by atoms with E-state index < -0.39 is 0 Å². The lowest BCUT2D eigenvalue weighted by Crippen LogP contribution is -2.34. The van der Waals surface area contributed by atoms with Gasteiger partial charge in [-0.15, -0.1) is 11.3 Å². The largest absolute Gasteiger partial charge is 0.371 e. The Balaban J connectivity index is 2.32. The first-order chi connectivity index (χ1) is 9.15. The van der Waals surface area contributed by atoms with Crippen LogP contribution in [0, 0.1) is 5.92 Å². The van der Waals surface area contributed by atoms with Crippen molar-refractivity contribution in [2.75, 3.05) is 7.11 Å². The van der Waals surface area contributed by atoms with Gasteiger partial charge in [0, 0.05) is 18.5 Å². The topological polar surface area (TPSA) is 48.1 Å². The highest BCUT2D eigenvalue weighted by Crippen LogP contribution is 2.44. The molecule has 2 atom stereocenters. The molecule has 0 spiro atoms. The van der Waals surface area contributed by atoms with Crippen molar-refractivity contribution < 1.29 is 4.74 Å². The lowest BCUT2D eigenvalue weighted by atomic mass is 9.79. The van der Waals surface area contributed by atoms with Crippen molar-refractivity contribution in [1.29, 1.82) is 0 Å². The minimum absolute atomic E-state index is 0.155. The second-order valence-electron chi connectivity index (χ2n) is 5.74. The van der Waals surface area contributed by atoms with E-state index in [2.05, 4.69) is 13.8 Å². The highest BCUT2D eigenvalue weighted by Gasteiger charge is 2.39. The zero-order valence-electron chi connectivity index (χ0n) is 12.4. The molecule has 0 radical (unpaired) electrons. The second-order valence-corrected chi connectivity index (χ2v) is 6.83. The number of aromatic nitrogens is 1. The van der Waals surface area contributed by atoms with E-state index >= 15 is 0 Å². The molecule has 0 amide bonds. The highest BCUT2D eigenvalue weighted by atomic mass is 32.1. The number of nitrogens with zero attached hydrogens (tertiary/aromatic N) is 1. The number of aryl methyl sites for hydroxylation is 1. The third-order valence-corrected chi connectivity index (χ3v) is 5.49. The summed E-state index contributed by atoms with van der Waals surface area (Å²) >= 11 is 1.77. The molecule has 2 unspecified atom stereocenters. The van der Waals surface area contributed by atoms with Crippen LogP contribution in [0.25, 0.3) is 0 Å². The van der Waals surface area contributed by atoms with Crippen LogP contribution in [-0.2, 0) is 23.3 Å². The van der Waals surface area contributed by atoms with Crippen molar-refractivity contribution in [3.8, 4) is 0 Å². The van der Waals surface area contributed by atoms with E-state index in [1.54, 1.807) is 11.3 Å². The number of hydrogen-bond acceptors (Lipinski definition) is 4. The summed E-state index contributed by atoms with van der Waals surface area (Å²) in [6, 6.07) is 0. The fraction of sp³-hybridized carbons (Fsp3) is 0.800. The van der Waals surface area contributed by atoms with E-state index in [9.17, 15) is 0 Å². The molecule has 1 saturated carbocycles. The molecule has 2 rings (SSSR count). The minimum Gasteiger partial charge on any atom is -0.371 e. The van der Waals surface area contributed by atoms with Gasteiger partial charge < -0.3 is 10.5 Å². The third kappa shape index (κ3) is 3.01. The Labute approximate surface area is 120 Å². The Kier molecular flexibility index (Phi) is 4.98. The van der Waals surface area contributed by atoms with Crippen LogP contribution >= 0.6 is 11.3 Å². The van der Waals surface area contributed by atoms with Crippen LogP contribution in [0.4, 0.5) is 0 Å². The summed E-state index contributed by atoms with van der Waals surface area (Å²) in [4.78, 5) is 6.13. The van der Waals surface area contributed by atoms with Gasteiger partial charge in [0.1, 0.15) is 10.6 Å². The second kappa shape index (κ2) is 6.33. The maximum Gasteiger partial charge on any atom is 0.125 e. The number of nitrogens with two attached hydrogens (primary N) is 1. The van der Waals surface area contributed by atoms with Crippen molar-refractivity contribution in [3.63, 3.8) is 0 Å². The number of thiazole rings is 1. The average Bonchev–Trinajstić information content (AvgIpc) is 2.83.